The third-order valence-corrected chi connectivity index (χ3v) is 6.52. The summed E-state index contributed by atoms with van der Waals surface area (Å²) in [6, 6.07) is 13.7. The molecule has 0 saturated heterocycles. The zero-order valence-electron chi connectivity index (χ0n) is 19.6. The maximum atomic E-state index is 13.3. The highest BCUT2D eigenvalue weighted by atomic mass is 16.7. The van der Waals surface area contributed by atoms with Crippen molar-refractivity contribution < 1.29 is 24.2 Å². The minimum atomic E-state index is -0.869. The van der Waals surface area contributed by atoms with Gasteiger partial charge in [0.2, 0.25) is 12.7 Å². The van der Waals surface area contributed by atoms with E-state index in [9.17, 15) is 9.59 Å². The normalized spacial score (nSPS) is 16.2. The second-order valence-electron chi connectivity index (χ2n) is 10.0. The van der Waals surface area contributed by atoms with E-state index in [0.717, 1.165) is 40.7 Å². The van der Waals surface area contributed by atoms with Gasteiger partial charge >= 0.3 is 5.97 Å². The smallest absolute Gasteiger partial charge is 0.307 e. The molecule has 0 unspecified atom stereocenters. The molecular formula is C27H28N2O5. The molecule has 34 heavy (non-hydrogen) atoms. The standard InChI is InChI=1S/C27H28N2O5/c1-26(2,3)23-14-17-13-19(7-8-20(17)29(23)12-4-5-24(30)31)28-25(32)27(10-11-27)18-6-9-21-22(15-18)34-16-33-21/h4,6-9,12-15H,5,10-11,16H2,1-3H3,(H,28,32)(H,30,31)/b12-4+. The van der Waals surface area contributed by atoms with Gasteiger partial charge in [-0.25, -0.2) is 0 Å². The fourth-order valence-corrected chi connectivity index (χ4v) is 4.53. The number of nitrogens with zero attached hydrogens (tertiary/aromatic N) is 1. The summed E-state index contributed by atoms with van der Waals surface area (Å²) >= 11 is 0. The second kappa shape index (κ2) is 7.94. The van der Waals surface area contributed by atoms with Gasteiger partial charge in [-0.2, -0.15) is 0 Å². The van der Waals surface area contributed by atoms with E-state index >= 15 is 0 Å². The summed E-state index contributed by atoms with van der Waals surface area (Å²) < 4.78 is 12.9. The highest BCUT2D eigenvalue weighted by Crippen LogP contribution is 2.51. The van der Waals surface area contributed by atoms with Gasteiger partial charge in [-0.05, 0) is 54.8 Å². The van der Waals surface area contributed by atoms with Crippen LogP contribution in [-0.4, -0.2) is 28.3 Å². The average Bonchev–Trinajstić information content (AvgIpc) is 3.31. The zero-order valence-corrected chi connectivity index (χ0v) is 19.6. The third kappa shape index (κ3) is 3.91. The highest BCUT2D eigenvalue weighted by Gasteiger charge is 2.51. The number of ether oxygens (including phenoxy) is 2. The van der Waals surface area contributed by atoms with Gasteiger partial charge in [0.15, 0.2) is 11.5 Å². The Labute approximate surface area is 198 Å². The number of carboxylic acids is 1. The Morgan fingerprint density at radius 3 is 2.56 bits per heavy atom. The van der Waals surface area contributed by atoms with E-state index in [1.165, 1.54) is 0 Å². The number of hydrogen-bond acceptors (Lipinski definition) is 4. The second-order valence-corrected chi connectivity index (χ2v) is 10.0. The largest absolute Gasteiger partial charge is 0.481 e. The van der Waals surface area contributed by atoms with E-state index in [-0.39, 0.29) is 24.5 Å². The summed E-state index contributed by atoms with van der Waals surface area (Å²) in [4.78, 5) is 24.3. The first kappa shape index (κ1) is 22.1. The lowest BCUT2D eigenvalue weighted by Crippen LogP contribution is -2.27. The fourth-order valence-electron chi connectivity index (χ4n) is 4.53. The quantitative estimate of drug-likeness (QED) is 0.522. The van der Waals surface area contributed by atoms with Gasteiger partial charge in [0.05, 0.1) is 17.4 Å². The van der Waals surface area contributed by atoms with Gasteiger partial charge in [0.1, 0.15) is 0 Å². The summed E-state index contributed by atoms with van der Waals surface area (Å²) in [7, 11) is 0. The Morgan fingerprint density at radius 2 is 1.85 bits per heavy atom. The summed E-state index contributed by atoms with van der Waals surface area (Å²) in [6.45, 7) is 6.56. The van der Waals surface area contributed by atoms with Crippen molar-refractivity contribution in [2.24, 2.45) is 0 Å². The first-order valence-electron chi connectivity index (χ1n) is 11.4. The number of carbonyl (C=O) groups excluding carboxylic acids is 1. The van der Waals surface area contributed by atoms with Crippen molar-refractivity contribution >= 4 is 34.7 Å². The number of benzene rings is 2. The molecule has 2 aromatic carbocycles. The van der Waals surface area contributed by atoms with Crippen LogP contribution in [0.2, 0.25) is 0 Å². The molecule has 2 N–H and O–H groups in total. The number of carboxylic acid groups (broad SMARTS) is 1. The Bertz CT molecular complexity index is 1320. The van der Waals surface area contributed by atoms with Gasteiger partial charge in [0, 0.05) is 28.4 Å². The van der Waals surface area contributed by atoms with Crippen LogP contribution in [0.3, 0.4) is 0 Å². The van der Waals surface area contributed by atoms with Crippen molar-refractivity contribution in [1.29, 1.82) is 0 Å². The van der Waals surface area contributed by atoms with Gasteiger partial charge in [-0.1, -0.05) is 32.9 Å². The van der Waals surface area contributed by atoms with E-state index in [1.807, 2.05) is 47.2 Å². The lowest BCUT2D eigenvalue weighted by molar-refractivity contribution is -0.136. The molecule has 1 aliphatic carbocycles. The van der Waals surface area contributed by atoms with E-state index in [2.05, 4.69) is 32.2 Å². The van der Waals surface area contributed by atoms with E-state index in [0.29, 0.717) is 11.5 Å². The first-order valence-corrected chi connectivity index (χ1v) is 11.4. The topological polar surface area (TPSA) is 89.8 Å². The van der Waals surface area contributed by atoms with Crippen LogP contribution in [-0.2, 0) is 20.4 Å². The number of fused-ring (bicyclic) bond motifs is 2. The molecule has 1 fully saturated rings. The Morgan fingerprint density at radius 1 is 1.09 bits per heavy atom. The highest BCUT2D eigenvalue weighted by molar-refractivity contribution is 6.02. The summed E-state index contributed by atoms with van der Waals surface area (Å²) in [6.07, 6.45) is 5.00. The van der Waals surface area contributed by atoms with E-state index in [1.54, 1.807) is 6.08 Å². The molecule has 0 radical (unpaired) electrons. The van der Waals surface area contributed by atoms with Gasteiger partial charge in [-0.15, -0.1) is 0 Å². The molecule has 0 atom stereocenters. The van der Waals surface area contributed by atoms with Crippen LogP contribution in [0.4, 0.5) is 5.69 Å². The minimum Gasteiger partial charge on any atom is -0.481 e. The van der Waals surface area contributed by atoms with Gasteiger partial charge < -0.3 is 24.5 Å². The average molecular weight is 461 g/mol. The summed E-state index contributed by atoms with van der Waals surface area (Å²) in [5.74, 6) is 0.501. The number of rotatable bonds is 6. The SMILES string of the molecule is CC(C)(C)c1cc2cc(NC(=O)C3(c4ccc5c(c4)OCO5)CC3)ccc2n1/C=C/CC(=O)O. The number of anilines is 1. The Balaban J connectivity index is 1.43. The molecule has 1 aromatic heterocycles. The Hall–Kier alpha value is -3.74. The van der Waals surface area contributed by atoms with Crippen LogP contribution in [0, 0.1) is 0 Å². The lowest BCUT2D eigenvalue weighted by atomic mass is 9.92. The third-order valence-electron chi connectivity index (χ3n) is 6.52. The molecule has 0 bridgehead atoms. The lowest BCUT2D eigenvalue weighted by Gasteiger charge is -2.20. The zero-order chi connectivity index (χ0) is 24.1. The monoisotopic (exact) mass is 460 g/mol. The van der Waals surface area contributed by atoms with Crippen molar-refractivity contribution in [3.05, 3.63) is 59.8 Å². The van der Waals surface area contributed by atoms with Gasteiger partial charge in [-0.3, -0.25) is 9.59 Å². The van der Waals surface area contributed by atoms with Crippen molar-refractivity contribution in [1.82, 2.24) is 4.57 Å². The molecule has 1 saturated carbocycles. The van der Waals surface area contributed by atoms with Crippen LogP contribution in [0.25, 0.3) is 17.1 Å². The van der Waals surface area contributed by atoms with Crippen molar-refractivity contribution in [2.45, 2.75) is 50.9 Å². The van der Waals surface area contributed by atoms with Crippen molar-refractivity contribution in [3.8, 4) is 11.5 Å². The van der Waals surface area contributed by atoms with Crippen molar-refractivity contribution in [2.75, 3.05) is 12.1 Å². The summed E-state index contributed by atoms with van der Waals surface area (Å²) in [5, 5.41) is 13.1. The molecule has 1 amide bonds. The van der Waals surface area contributed by atoms with Crippen LogP contribution in [0.1, 0.15) is 51.3 Å². The van der Waals surface area contributed by atoms with E-state index in [4.69, 9.17) is 14.6 Å². The number of carbonyl (C=O) groups is 2. The minimum absolute atomic E-state index is 0.0254. The van der Waals surface area contributed by atoms with E-state index < -0.39 is 11.4 Å². The van der Waals surface area contributed by atoms with Crippen LogP contribution < -0.4 is 14.8 Å². The van der Waals surface area contributed by atoms with Crippen molar-refractivity contribution in [3.63, 3.8) is 0 Å². The predicted octanol–water partition coefficient (Wildman–Crippen LogP) is 5.28. The molecule has 2 aliphatic rings. The maximum absolute atomic E-state index is 13.3. The molecule has 5 rings (SSSR count). The molecular weight excluding hydrogens is 432 g/mol. The molecule has 7 nitrogen and oxygen atoms in total. The first-order chi connectivity index (χ1) is 16.2. The van der Waals surface area contributed by atoms with Gasteiger partial charge in [0.25, 0.3) is 0 Å². The molecule has 176 valence electrons. The molecule has 0 spiro atoms. The van der Waals surface area contributed by atoms with Crippen LogP contribution >= 0.6 is 0 Å². The molecule has 2 heterocycles. The Kier molecular flexibility index (Phi) is 5.15. The molecule has 7 heteroatoms. The van der Waals surface area contributed by atoms with Crippen LogP contribution in [0.5, 0.6) is 11.5 Å². The maximum Gasteiger partial charge on any atom is 0.307 e. The number of nitrogens with one attached hydrogen (secondary N) is 1. The molecule has 1 aliphatic heterocycles. The number of hydrogen-bond donors (Lipinski definition) is 2. The number of aliphatic carboxylic acids is 1. The fraction of sp³-hybridized carbons (Fsp3) is 0.333. The summed E-state index contributed by atoms with van der Waals surface area (Å²) in [5.41, 5.74) is 3.01. The number of amides is 1. The van der Waals surface area contributed by atoms with Crippen LogP contribution in [0.15, 0.2) is 48.5 Å². The molecule has 3 aromatic rings. The number of aromatic nitrogens is 1. The predicted molar refractivity (Wildman–Crippen MR) is 130 cm³/mol.